The van der Waals surface area contributed by atoms with Gasteiger partial charge in [-0.05, 0) is 23.6 Å². The van der Waals surface area contributed by atoms with E-state index in [2.05, 4.69) is 0 Å². The molecule has 0 saturated carbocycles. The molecule has 0 saturated heterocycles. The molecule has 3 heteroatoms. The molecular weight excluding hydrogens is 157 g/mol. The summed E-state index contributed by atoms with van der Waals surface area (Å²) in [5.74, 6) is -0.181. The molecule has 0 amide bonds. The minimum atomic E-state index is -0.181. The summed E-state index contributed by atoms with van der Waals surface area (Å²) in [6.45, 7) is 2.25. The highest BCUT2D eigenvalue weighted by Crippen LogP contribution is 2.10. The van der Waals surface area contributed by atoms with Gasteiger partial charge in [0, 0.05) is 6.54 Å². The molecule has 0 aliphatic heterocycles. The fourth-order valence-corrected chi connectivity index (χ4v) is 1.10. The third-order valence-corrected chi connectivity index (χ3v) is 1.77. The standard InChI is InChI=1S/C9H12FNO/c1-2-8-5-7(6-11-12)3-4-9(8)10/h3-5,11-12H,2,6H2,1H3. The van der Waals surface area contributed by atoms with E-state index >= 15 is 0 Å². The van der Waals surface area contributed by atoms with Crippen molar-refractivity contribution in [2.45, 2.75) is 19.9 Å². The number of rotatable bonds is 3. The van der Waals surface area contributed by atoms with Crippen LogP contribution in [0.25, 0.3) is 0 Å². The number of hydrogen-bond acceptors (Lipinski definition) is 2. The first-order chi connectivity index (χ1) is 5.77. The van der Waals surface area contributed by atoms with Crippen molar-refractivity contribution in [1.82, 2.24) is 5.48 Å². The van der Waals surface area contributed by atoms with Gasteiger partial charge in [-0.25, -0.2) is 9.87 Å². The number of nitrogens with one attached hydrogen (secondary N) is 1. The van der Waals surface area contributed by atoms with Crippen molar-refractivity contribution >= 4 is 0 Å². The molecule has 12 heavy (non-hydrogen) atoms. The molecule has 2 N–H and O–H groups in total. The van der Waals surface area contributed by atoms with Gasteiger partial charge in [0.25, 0.3) is 0 Å². The van der Waals surface area contributed by atoms with Crippen molar-refractivity contribution in [1.29, 1.82) is 0 Å². The predicted octanol–water partition coefficient (Wildman–Crippen LogP) is 1.87. The Hall–Kier alpha value is -0.930. The first-order valence-corrected chi connectivity index (χ1v) is 3.92. The first-order valence-electron chi connectivity index (χ1n) is 3.92. The number of aryl methyl sites for hydroxylation is 1. The summed E-state index contributed by atoms with van der Waals surface area (Å²) in [4.78, 5) is 0. The average Bonchev–Trinajstić information content (AvgIpc) is 2.09. The van der Waals surface area contributed by atoms with Crippen LogP contribution in [-0.2, 0) is 13.0 Å². The lowest BCUT2D eigenvalue weighted by Crippen LogP contribution is -2.06. The minimum absolute atomic E-state index is 0.181. The van der Waals surface area contributed by atoms with E-state index in [0.717, 1.165) is 5.56 Å². The molecule has 1 aromatic rings. The maximum atomic E-state index is 12.9. The fourth-order valence-electron chi connectivity index (χ4n) is 1.10. The monoisotopic (exact) mass is 169 g/mol. The molecule has 0 aromatic heterocycles. The molecule has 0 radical (unpaired) electrons. The molecular formula is C9H12FNO. The Balaban J connectivity index is 2.89. The van der Waals surface area contributed by atoms with Crippen molar-refractivity contribution in [2.24, 2.45) is 0 Å². The summed E-state index contributed by atoms with van der Waals surface area (Å²) in [7, 11) is 0. The van der Waals surface area contributed by atoms with Crippen LogP contribution in [0, 0.1) is 5.82 Å². The molecule has 0 aliphatic carbocycles. The van der Waals surface area contributed by atoms with Gasteiger partial charge in [-0.1, -0.05) is 19.1 Å². The van der Waals surface area contributed by atoms with Crippen molar-refractivity contribution in [3.63, 3.8) is 0 Å². The minimum Gasteiger partial charge on any atom is -0.316 e. The van der Waals surface area contributed by atoms with Crippen molar-refractivity contribution in [2.75, 3.05) is 0 Å². The van der Waals surface area contributed by atoms with Gasteiger partial charge in [0.2, 0.25) is 0 Å². The topological polar surface area (TPSA) is 32.3 Å². The molecule has 0 heterocycles. The summed E-state index contributed by atoms with van der Waals surface area (Å²) in [5, 5.41) is 8.41. The van der Waals surface area contributed by atoms with Gasteiger partial charge in [0.05, 0.1) is 0 Å². The Morgan fingerprint density at radius 1 is 1.50 bits per heavy atom. The van der Waals surface area contributed by atoms with Gasteiger partial charge in [0.15, 0.2) is 0 Å². The number of halogens is 1. The second-order valence-corrected chi connectivity index (χ2v) is 2.61. The Labute approximate surface area is 71.0 Å². The molecule has 1 rings (SSSR count). The van der Waals surface area contributed by atoms with Crippen LogP contribution in [0.4, 0.5) is 4.39 Å². The van der Waals surface area contributed by atoms with E-state index in [1.807, 2.05) is 12.4 Å². The molecule has 0 spiro atoms. The molecule has 1 aromatic carbocycles. The smallest absolute Gasteiger partial charge is 0.126 e. The molecule has 0 aliphatic rings. The highest BCUT2D eigenvalue weighted by atomic mass is 19.1. The van der Waals surface area contributed by atoms with Gasteiger partial charge in [-0.2, -0.15) is 0 Å². The quantitative estimate of drug-likeness (QED) is 0.677. The van der Waals surface area contributed by atoms with E-state index in [4.69, 9.17) is 5.21 Å². The predicted molar refractivity (Wildman–Crippen MR) is 44.4 cm³/mol. The van der Waals surface area contributed by atoms with Gasteiger partial charge in [0.1, 0.15) is 5.82 Å². The molecule has 0 bridgehead atoms. The van der Waals surface area contributed by atoms with Gasteiger partial charge < -0.3 is 5.21 Å². The lowest BCUT2D eigenvalue weighted by molar-refractivity contribution is 0.161. The van der Waals surface area contributed by atoms with Crippen LogP contribution in [0.1, 0.15) is 18.1 Å². The molecule has 0 fully saturated rings. The van der Waals surface area contributed by atoms with Gasteiger partial charge in [-0.15, -0.1) is 0 Å². The van der Waals surface area contributed by atoms with E-state index in [0.29, 0.717) is 18.5 Å². The summed E-state index contributed by atoms with van der Waals surface area (Å²) in [6.07, 6.45) is 0.672. The molecule has 2 nitrogen and oxygen atoms in total. The van der Waals surface area contributed by atoms with E-state index in [1.165, 1.54) is 6.07 Å². The number of benzene rings is 1. The normalized spacial score (nSPS) is 10.2. The largest absolute Gasteiger partial charge is 0.316 e. The zero-order chi connectivity index (χ0) is 8.97. The summed E-state index contributed by atoms with van der Waals surface area (Å²) >= 11 is 0. The SMILES string of the molecule is CCc1cc(CNO)ccc1F. The zero-order valence-electron chi connectivity index (χ0n) is 6.97. The number of hydrogen-bond donors (Lipinski definition) is 2. The average molecular weight is 169 g/mol. The Morgan fingerprint density at radius 3 is 2.83 bits per heavy atom. The van der Waals surface area contributed by atoms with Crippen LogP contribution in [0.3, 0.4) is 0 Å². The zero-order valence-corrected chi connectivity index (χ0v) is 6.97. The molecule has 0 unspecified atom stereocenters. The lowest BCUT2D eigenvalue weighted by Gasteiger charge is -2.03. The fraction of sp³-hybridized carbons (Fsp3) is 0.333. The van der Waals surface area contributed by atoms with Crippen LogP contribution >= 0.6 is 0 Å². The summed E-state index contributed by atoms with van der Waals surface area (Å²) in [5.41, 5.74) is 3.60. The third-order valence-electron chi connectivity index (χ3n) is 1.77. The second-order valence-electron chi connectivity index (χ2n) is 2.61. The van der Waals surface area contributed by atoms with Crippen LogP contribution in [0.5, 0.6) is 0 Å². The highest BCUT2D eigenvalue weighted by Gasteiger charge is 2.00. The van der Waals surface area contributed by atoms with Gasteiger partial charge in [-0.3, -0.25) is 0 Å². The van der Waals surface area contributed by atoms with Crippen molar-refractivity contribution in [3.8, 4) is 0 Å². The van der Waals surface area contributed by atoms with Crippen LogP contribution in [0.2, 0.25) is 0 Å². The Kier molecular flexibility index (Phi) is 3.19. The summed E-state index contributed by atoms with van der Waals surface area (Å²) < 4.78 is 12.9. The maximum absolute atomic E-state index is 12.9. The Morgan fingerprint density at radius 2 is 2.25 bits per heavy atom. The third kappa shape index (κ3) is 2.03. The van der Waals surface area contributed by atoms with Crippen LogP contribution in [0.15, 0.2) is 18.2 Å². The second kappa shape index (κ2) is 4.18. The van der Waals surface area contributed by atoms with Crippen LogP contribution < -0.4 is 5.48 Å². The highest BCUT2D eigenvalue weighted by molar-refractivity contribution is 5.24. The number of hydroxylamine groups is 1. The molecule has 0 atom stereocenters. The van der Waals surface area contributed by atoms with Crippen LogP contribution in [-0.4, -0.2) is 5.21 Å². The Bertz CT molecular complexity index is 263. The maximum Gasteiger partial charge on any atom is 0.126 e. The summed E-state index contributed by atoms with van der Waals surface area (Å²) in [6, 6.07) is 4.82. The van der Waals surface area contributed by atoms with E-state index < -0.39 is 0 Å². The lowest BCUT2D eigenvalue weighted by atomic mass is 10.1. The van der Waals surface area contributed by atoms with Crippen molar-refractivity contribution < 1.29 is 9.60 Å². The van der Waals surface area contributed by atoms with E-state index in [9.17, 15) is 4.39 Å². The first kappa shape index (κ1) is 9.16. The van der Waals surface area contributed by atoms with Crippen molar-refractivity contribution in [3.05, 3.63) is 35.1 Å². The van der Waals surface area contributed by atoms with Gasteiger partial charge >= 0.3 is 0 Å². The van der Waals surface area contributed by atoms with E-state index in [1.54, 1.807) is 12.1 Å². The van der Waals surface area contributed by atoms with E-state index in [-0.39, 0.29) is 5.82 Å². The molecule has 66 valence electrons.